The molecule has 2 atom stereocenters. The van der Waals surface area contributed by atoms with Gasteiger partial charge in [0.15, 0.2) is 5.82 Å². The lowest BCUT2D eigenvalue weighted by atomic mass is 10.00. The van der Waals surface area contributed by atoms with Gasteiger partial charge in [-0.15, -0.1) is 0 Å². The Morgan fingerprint density at radius 3 is 2.77 bits per heavy atom. The van der Waals surface area contributed by atoms with Crippen LogP contribution in [-0.4, -0.2) is 59.2 Å². The molecule has 0 aliphatic carbocycles. The Morgan fingerprint density at radius 1 is 1.26 bits per heavy atom. The number of rotatable bonds is 10. The smallest absolute Gasteiger partial charge is 0.161 e. The number of ether oxygens (including phenoxy) is 2. The molecule has 1 aliphatic heterocycles. The number of nitrogens with zero attached hydrogens (tertiary/aromatic N) is 3. The highest BCUT2D eigenvalue weighted by molar-refractivity contribution is 6.33. The van der Waals surface area contributed by atoms with Crippen molar-refractivity contribution in [2.75, 3.05) is 26.8 Å². The van der Waals surface area contributed by atoms with Crippen LogP contribution in [-0.2, 0) is 11.2 Å². The maximum absolute atomic E-state index is 10.00. The second-order valence-electron chi connectivity index (χ2n) is 9.00. The molecule has 35 heavy (non-hydrogen) atoms. The highest BCUT2D eigenvalue weighted by Crippen LogP contribution is 2.35. The van der Waals surface area contributed by atoms with E-state index in [-0.39, 0.29) is 12.7 Å². The minimum atomic E-state index is -0.620. The van der Waals surface area contributed by atoms with Gasteiger partial charge in [0, 0.05) is 24.4 Å². The van der Waals surface area contributed by atoms with Crippen LogP contribution in [0.3, 0.4) is 0 Å². The van der Waals surface area contributed by atoms with Crippen molar-refractivity contribution in [3.63, 3.8) is 0 Å². The van der Waals surface area contributed by atoms with Crippen LogP contribution < -0.4 is 10.1 Å². The van der Waals surface area contributed by atoms with E-state index in [0.29, 0.717) is 34.5 Å². The molecule has 0 saturated carbocycles. The van der Waals surface area contributed by atoms with Gasteiger partial charge in [-0.05, 0) is 77.3 Å². The molecule has 0 amide bonds. The van der Waals surface area contributed by atoms with Crippen molar-refractivity contribution in [3.05, 3.63) is 45.9 Å². The number of halogens is 1. The molecule has 4 rings (SSSR count). The summed E-state index contributed by atoms with van der Waals surface area (Å²) >= 11 is 6.61. The molecular formula is C26H33ClN4O4. The number of likely N-dealkylation sites (N-methyl/N-ethyl adjacent to an activating group) is 1. The SMILES string of the molecule is CNCC(O)COc1ccc(Cl)c(-c2nc(CC[C@H]3CCCO3)c(C)c(-c3c(C)noc3C)n2)c1. The standard InChI is InChI=1S/C26H33ClN4O4/c1-15-23(10-8-19-6-5-11-33-19)29-26(30-25(15)24-16(2)31-35-17(24)3)21-12-20(7-9-22(21)27)34-14-18(32)13-28-4/h7,9,12,18-19,28,32H,5-6,8,10-11,13-14H2,1-4H3/t18?,19-/m1/s1. The van der Waals surface area contributed by atoms with Crippen LogP contribution in [0.5, 0.6) is 5.75 Å². The summed E-state index contributed by atoms with van der Waals surface area (Å²) in [7, 11) is 1.78. The first-order valence-corrected chi connectivity index (χ1v) is 12.4. The fraction of sp³-hybridized carbons (Fsp3) is 0.500. The number of hydrogen-bond acceptors (Lipinski definition) is 8. The Kier molecular flexibility index (Phi) is 8.38. The minimum Gasteiger partial charge on any atom is -0.491 e. The van der Waals surface area contributed by atoms with Crippen LogP contribution in [0.4, 0.5) is 0 Å². The number of benzene rings is 1. The van der Waals surface area contributed by atoms with E-state index >= 15 is 0 Å². The third-order valence-electron chi connectivity index (χ3n) is 6.30. The molecule has 1 saturated heterocycles. The summed E-state index contributed by atoms with van der Waals surface area (Å²) in [6.07, 6.45) is 3.50. The van der Waals surface area contributed by atoms with Crippen LogP contribution in [0, 0.1) is 20.8 Å². The van der Waals surface area contributed by atoms with E-state index in [0.717, 1.165) is 60.5 Å². The van der Waals surface area contributed by atoms with Gasteiger partial charge in [-0.25, -0.2) is 9.97 Å². The Labute approximate surface area is 211 Å². The summed E-state index contributed by atoms with van der Waals surface area (Å²) in [5, 5.41) is 17.6. The zero-order valence-electron chi connectivity index (χ0n) is 20.7. The molecule has 1 fully saturated rings. The van der Waals surface area contributed by atoms with Gasteiger partial charge in [-0.3, -0.25) is 0 Å². The topological polar surface area (TPSA) is 103 Å². The predicted octanol–water partition coefficient (Wildman–Crippen LogP) is 4.45. The van der Waals surface area contributed by atoms with E-state index in [2.05, 4.69) is 10.5 Å². The van der Waals surface area contributed by atoms with Gasteiger partial charge in [-0.1, -0.05) is 16.8 Å². The second kappa shape index (κ2) is 11.5. The molecule has 9 heteroatoms. The highest BCUT2D eigenvalue weighted by Gasteiger charge is 2.23. The normalized spacial score (nSPS) is 16.6. The monoisotopic (exact) mass is 500 g/mol. The van der Waals surface area contributed by atoms with E-state index in [1.165, 1.54) is 0 Å². The van der Waals surface area contributed by atoms with E-state index in [1.807, 2.05) is 26.8 Å². The fourth-order valence-corrected chi connectivity index (χ4v) is 4.62. The molecule has 0 spiro atoms. The lowest BCUT2D eigenvalue weighted by molar-refractivity contribution is 0.104. The van der Waals surface area contributed by atoms with Crippen molar-refractivity contribution in [1.29, 1.82) is 0 Å². The first kappa shape index (κ1) is 25.6. The molecule has 0 radical (unpaired) electrons. The number of aryl methyl sites for hydroxylation is 3. The number of nitrogens with one attached hydrogen (secondary N) is 1. The molecular weight excluding hydrogens is 468 g/mol. The first-order chi connectivity index (χ1) is 16.9. The van der Waals surface area contributed by atoms with Crippen LogP contribution in [0.25, 0.3) is 22.6 Å². The molecule has 2 N–H and O–H groups in total. The Bertz CT molecular complexity index is 1140. The summed E-state index contributed by atoms with van der Waals surface area (Å²) in [4.78, 5) is 9.87. The summed E-state index contributed by atoms with van der Waals surface area (Å²) in [5.41, 5.74) is 5.07. The van der Waals surface area contributed by atoms with Crippen LogP contribution >= 0.6 is 11.6 Å². The van der Waals surface area contributed by atoms with Crippen molar-refractivity contribution in [2.45, 2.75) is 58.7 Å². The fourth-order valence-electron chi connectivity index (χ4n) is 4.41. The molecule has 1 aliphatic rings. The predicted molar refractivity (Wildman–Crippen MR) is 135 cm³/mol. The summed E-state index contributed by atoms with van der Waals surface area (Å²) in [6.45, 7) is 7.27. The molecule has 1 aromatic carbocycles. The Hall–Kier alpha value is -2.52. The Balaban J connectivity index is 1.72. The third kappa shape index (κ3) is 6.01. The molecule has 1 unspecified atom stereocenters. The van der Waals surface area contributed by atoms with Gasteiger partial charge < -0.3 is 24.4 Å². The first-order valence-electron chi connectivity index (χ1n) is 12.0. The minimum absolute atomic E-state index is 0.160. The van der Waals surface area contributed by atoms with Gasteiger partial charge in [0.1, 0.15) is 24.2 Å². The van der Waals surface area contributed by atoms with Gasteiger partial charge >= 0.3 is 0 Å². The van der Waals surface area contributed by atoms with Crippen LogP contribution in [0.2, 0.25) is 5.02 Å². The summed E-state index contributed by atoms with van der Waals surface area (Å²) in [6, 6.07) is 5.36. The van der Waals surface area contributed by atoms with Gasteiger partial charge in [0.05, 0.1) is 28.1 Å². The average Bonchev–Trinajstić information content (AvgIpc) is 3.48. The zero-order chi connectivity index (χ0) is 24.9. The van der Waals surface area contributed by atoms with E-state index < -0.39 is 6.10 Å². The van der Waals surface area contributed by atoms with Crippen LogP contribution in [0.15, 0.2) is 22.7 Å². The van der Waals surface area contributed by atoms with Crippen molar-refractivity contribution >= 4 is 11.6 Å². The maximum atomic E-state index is 10.00. The molecule has 3 aromatic rings. The number of hydrogen-bond donors (Lipinski definition) is 2. The van der Waals surface area contributed by atoms with E-state index in [4.69, 9.17) is 35.6 Å². The number of aliphatic hydroxyl groups excluding tert-OH is 1. The van der Waals surface area contributed by atoms with Crippen molar-refractivity contribution in [2.24, 2.45) is 0 Å². The summed E-state index contributed by atoms with van der Waals surface area (Å²) in [5.74, 6) is 1.81. The number of aliphatic hydroxyl groups is 1. The largest absolute Gasteiger partial charge is 0.491 e. The van der Waals surface area contributed by atoms with Crippen molar-refractivity contribution in [3.8, 4) is 28.4 Å². The quantitative estimate of drug-likeness (QED) is 0.421. The van der Waals surface area contributed by atoms with Crippen molar-refractivity contribution in [1.82, 2.24) is 20.4 Å². The second-order valence-corrected chi connectivity index (χ2v) is 9.41. The lowest BCUT2D eigenvalue weighted by Gasteiger charge is -2.16. The van der Waals surface area contributed by atoms with Gasteiger partial charge in [0.25, 0.3) is 0 Å². The van der Waals surface area contributed by atoms with E-state index in [9.17, 15) is 5.11 Å². The number of aromatic nitrogens is 3. The van der Waals surface area contributed by atoms with Gasteiger partial charge in [0.2, 0.25) is 0 Å². The maximum Gasteiger partial charge on any atom is 0.161 e. The molecule has 2 aromatic heterocycles. The lowest BCUT2D eigenvalue weighted by Crippen LogP contribution is -2.29. The highest BCUT2D eigenvalue weighted by atomic mass is 35.5. The van der Waals surface area contributed by atoms with Crippen LogP contribution in [0.1, 0.15) is 42.0 Å². The molecule has 188 valence electrons. The molecule has 0 bridgehead atoms. The molecule has 8 nitrogen and oxygen atoms in total. The Morgan fingerprint density at radius 2 is 2.09 bits per heavy atom. The van der Waals surface area contributed by atoms with E-state index in [1.54, 1.807) is 19.2 Å². The van der Waals surface area contributed by atoms with Crippen molar-refractivity contribution < 1.29 is 19.1 Å². The van der Waals surface area contributed by atoms with Gasteiger partial charge in [-0.2, -0.15) is 0 Å². The molecule has 3 heterocycles. The zero-order valence-corrected chi connectivity index (χ0v) is 21.5. The average molecular weight is 501 g/mol. The third-order valence-corrected chi connectivity index (χ3v) is 6.63. The summed E-state index contributed by atoms with van der Waals surface area (Å²) < 4.78 is 17.1.